The van der Waals surface area contributed by atoms with E-state index >= 15 is 0 Å². The van der Waals surface area contributed by atoms with Crippen LogP contribution in [0.3, 0.4) is 0 Å². The van der Waals surface area contributed by atoms with Crippen LogP contribution in [0.4, 0.5) is 14.9 Å². The summed E-state index contributed by atoms with van der Waals surface area (Å²) in [4.78, 5) is 18.2. The second-order valence-corrected chi connectivity index (χ2v) is 6.72. The van der Waals surface area contributed by atoms with Crippen LogP contribution in [0, 0.1) is 5.82 Å². The van der Waals surface area contributed by atoms with E-state index in [0.29, 0.717) is 35.9 Å². The van der Waals surface area contributed by atoms with Crippen LogP contribution in [0.5, 0.6) is 5.75 Å². The summed E-state index contributed by atoms with van der Waals surface area (Å²) >= 11 is 0. The first-order valence-electron chi connectivity index (χ1n) is 8.55. The molecule has 1 saturated heterocycles. The maximum Gasteiger partial charge on any atom is 0.415 e. The Kier molecular flexibility index (Phi) is 2.75. The first-order chi connectivity index (χ1) is 13.2. The third-order valence-electron chi connectivity index (χ3n) is 5.31. The summed E-state index contributed by atoms with van der Waals surface area (Å²) < 4.78 is 29.6. The lowest BCUT2D eigenvalue weighted by Crippen LogP contribution is -2.35. The number of carbonyl (C=O) groups excluding carboxylic acids is 1. The zero-order valence-electron chi connectivity index (χ0n) is 13.9. The highest BCUT2D eigenvalue weighted by molar-refractivity contribution is 5.95. The molecule has 2 aromatic heterocycles. The van der Waals surface area contributed by atoms with Gasteiger partial charge < -0.3 is 9.47 Å². The van der Waals surface area contributed by atoms with Gasteiger partial charge in [-0.1, -0.05) is 5.21 Å². The molecule has 0 radical (unpaired) electrons. The van der Waals surface area contributed by atoms with Gasteiger partial charge in [0.25, 0.3) is 0 Å². The van der Waals surface area contributed by atoms with Gasteiger partial charge in [0, 0.05) is 36.6 Å². The summed E-state index contributed by atoms with van der Waals surface area (Å²) in [6, 6.07) is 1.14. The van der Waals surface area contributed by atoms with Crippen LogP contribution in [0.1, 0.15) is 11.4 Å². The average Bonchev–Trinajstić information content (AvgIpc) is 3.41. The number of nitrogens with zero attached hydrogens (tertiary/aromatic N) is 6. The zero-order valence-corrected chi connectivity index (χ0v) is 13.9. The van der Waals surface area contributed by atoms with E-state index in [-0.39, 0.29) is 12.6 Å². The summed E-state index contributed by atoms with van der Waals surface area (Å²) in [6.45, 7) is 0.644. The van der Waals surface area contributed by atoms with Crippen LogP contribution in [0.2, 0.25) is 0 Å². The number of anilines is 1. The number of hydrogen-bond acceptors (Lipinski definition) is 6. The summed E-state index contributed by atoms with van der Waals surface area (Å²) in [5.41, 5.74) is 1.66. The van der Waals surface area contributed by atoms with Crippen molar-refractivity contribution >= 4 is 11.8 Å². The van der Waals surface area contributed by atoms with Gasteiger partial charge in [-0.15, -0.1) is 5.10 Å². The molecule has 0 aliphatic carbocycles. The molecule has 6 rings (SSSR count). The topological polar surface area (TPSA) is 87.3 Å². The SMILES string of the molecule is O=C1O[C@@H](Cn2ccnn2)[C@@H]2Cc3c(cc(F)c4c3OCc3nccn3-4)N12. The van der Waals surface area contributed by atoms with Gasteiger partial charge in [-0.05, 0) is 0 Å². The Bertz CT molecular complexity index is 1080. The Morgan fingerprint density at radius 2 is 2.22 bits per heavy atom. The maximum atomic E-state index is 14.9. The Labute approximate surface area is 151 Å². The fourth-order valence-corrected chi connectivity index (χ4v) is 4.17. The van der Waals surface area contributed by atoms with Gasteiger partial charge in [-0.25, -0.2) is 18.9 Å². The smallest absolute Gasteiger partial charge is 0.415 e. The maximum absolute atomic E-state index is 14.9. The minimum absolute atomic E-state index is 0.240. The molecule has 10 heteroatoms. The van der Waals surface area contributed by atoms with Crippen molar-refractivity contribution in [2.45, 2.75) is 31.7 Å². The normalized spacial score (nSPS) is 22.0. The van der Waals surface area contributed by atoms with Crippen molar-refractivity contribution in [3.8, 4) is 11.4 Å². The van der Waals surface area contributed by atoms with Gasteiger partial charge in [0.1, 0.15) is 18.4 Å². The van der Waals surface area contributed by atoms with Gasteiger partial charge in [-0.2, -0.15) is 0 Å². The molecule has 0 saturated carbocycles. The second kappa shape index (κ2) is 5.06. The molecule has 9 nitrogen and oxygen atoms in total. The van der Waals surface area contributed by atoms with E-state index < -0.39 is 18.0 Å². The molecule has 3 aliphatic heterocycles. The number of cyclic esters (lactones) is 1. The number of rotatable bonds is 2. The summed E-state index contributed by atoms with van der Waals surface area (Å²) in [5, 5.41) is 7.71. The number of halogens is 1. The van der Waals surface area contributed by atoms with Crippen LogP contribution in [-0.4, -0.2) is 42.8 Å². The van der Waals surface area contributed by atoms with E-state index in [1.54, 1.807) is 34.0 Å². The van der Waals surface area contributed by atoms with Crippen LogP contribution in [0.15, 0.2) is 30.9 Å². The van der Waals surface area contributed by atoms with Gasteiger partial charge in [0.2, 0.25) is 0 Å². The number of benzene rings is 1. The molecular formula is C17H13FN6O3. The molecule has 1 fully saturated rings. The van der Waals surface area contributed by atoms with Crippen molar-refractivity contribution in [2.75, 3.05) is 4.90 Å². The first-order valence-corrected chi connectivity index (χ1v) is 8.55. The molecule has 0 unspecified atom stereocenters. The number of amides is 1. The molecule has 1 aromatic carbocycles. The lowest BCUT2D eigenvalue weighted by molar-refractivity contribution is 0.117. The van der Waals surface area contributed by atoms with E-state index in [9.17, 15) is 9.18 Å². The van der Waals surface area contributed by atoms with Gasteiger partial charge >= 0.3 is 6.09 Å². The van der Waals surface area contributed by atoms with Crippen LogP contribution in [0.25, 0.3) is 5.69 Å². The van der Waals surface area contributed by atoms with Crippen LogP contribution >= 0.6 is 0 Å². The predicted octanol–water partition coefficient (Wildman–Crippen LogP) is 1.45. The number of fused-ring (bicyclic) bond motifs is 7. The fraction of sp³-hybridized carbons (Fsp3) is 0.294. The Hall–Kier alpha value is -3.43. The van der Waals surface area contributed by atoms with E-state index in [1.807, 2.05) is 0 Å². The molecule has 136 valence electrons. The van der Waals surface area contributed by atoms with E-state index in [2.05, 4.69) is 15.3 Å². The Balaban J connectivity index is 1.44. The zero-order chi connectivity index (χ0) is 18.1. The molecule has 0 bridgehead atoms. The molecule has 0 spiro atoms. The number of imidazole rings is 1. The minimum Gasteiger partial charge on any atom is -0.483 e. The third kappa shape index (κ3) is 1.92. The standard InChI is InChI=1S/C17H13FN6O3/c18-10-6-11-9(16-15(10)23-4-1-19-14(23)8-26-16)5-12-13(27-17(25)24(11)12)7-22-3-2-20-21-22/h1-4,6,12-13H,5,7-8H2/t12-,13-/m0/s1. The second-order valence-electron chi connectivity index (χ2n) is 6.72. The number of aromatic nitrogens is 5. The van der Waals surface area contributed by atoms with Crippen molar-refractivity contribution in [3.63, 3.8) is 0 Å². The summed E-state index contributed by atoms with van der Waals surface area (Å²) in [7, 11) is 0. The van der Waals surface area contributed by atoms with E-state index in [1.165, 1.54) is 11.0 Å². The van der Waals surface area contributed by atoms with Crippen molar-refractivity contribution in [1.82, 2.24) is 24.5 Å². The molecule has 1 amide bonds. The van der Waals surface area contributed by atoms with E-state index in [4.69, 9.17) is 9.47 Å². The quantitative estimate of drug-likeness (QED) is 0.680. The number of carbonyl (C=O) groups is 1. The van der Waals surface area contributed by atoms with E-state index in [0.717, 1.165) is 5.56 Å². The number of hydrogen-bond donors (Lipinski definition) is 0. The number of ether oxygens (including phenoxy) is 2. The molecule has 2 atom stereocenters. The molecule has 27 heavy (non-hydrogen) atoms. The van der Waals surface area contributed by atoms with Crippen molar-refractivity contribution < 1.29 is 18.7 Å². The molecule has 5 heterocycles. The van der Waals surface area contributed by atoms with Crippen molar-refractivity contribution in [2.24, 2.45) is 0 Å². The summed E-state index contributed by atoms with van der Waals surface area (Å²) in [5.74, 6) is 0.649. The molecule has 3 aliphatic rings. The first kappa shape index (κ1) is 14.7. The van der Waals surface area contributed by atoms with Gasteiger partial charge in [0.15, 0.2) is 17.4 Å². The molecule has 0 N–H and O–H groups in total. The third-order valence-corrected chi connectivity index (χ3v) is 5.31. The minimum atomic E-state index is -0.484. The van der Waals surface area contributed by atoms with Crippen LogP contribution < -0.4 is 9.64 Å². The largest absolute Gasteiger partial charge is 0.483 e. The molecule has 3 aromatic rings. The highest BCUT2D eigenvalue weighted by atomic mass is 19.1. The van der Waals surface area contributed by atoms with Gasteiger partial charge in [0.05, 0.1) is 24.5 Å². The molecular weight excluding hydrogens is 355 g/mol. The monoisotopic (exact) mass is 368 g/mol. The highest BCUT2D eigenvalue weighted by Crippen LogP contribution is 2.48. The average molecular weight is 368 g/mol. The van der Waals surface area contributed by atoms with Crippen molar-refractivity contribution in [1.29, 1.82) is 0 Å². The fourth-order valence-electron chi connectivity index (χ4n) is 4.17. The Morgan fingerprint density at radius 3 is 3.07 bits per heavy atom. The van der Waals surface area contributed by atoms with Crippen molar-refractivity contribution in [3.05, 3.63) is 48.1 Å². The Morgan fingerprint density at radius 1 is 1.30 bits per heavy atom. The van der Waals surface area contributed by atoms with Gasteiger partial charge in [-0.3, -0.25) is 9.47 Å². The summed E-state index contributed by atoms with van der Waals surface area (Å²) in [6.07, 6.45) is 6.24. The predicted molar refractivity (Wildman–Crippen MR) is 88.1 cm³/mol. The van der Waals surface area contributed by atoms with Crippen LogP contribution in [-0.2, 0) is 24.3 Å². The lowest BCUT2D eigenvalue weighted by Gasteiger charge is -2.23. The lowest BCUT2D eigenvalue weighted by atomic mass is 10.0. The highest BCUT2D eigenvalue weighted by Gasteiger charge is 2.49.